The molecule has 4 rings (SSSR count). The number of hydrogen-bond acceptors (Lipinski definition) is 2. The van der Waals surface area contributed by atoms with Crippen molar-refractivity contribution in [2.45, 2.75) is 58.5 Å². The Morgan fingerprint density at radius 1 is 1.14 bits per heavy atom. The number of nitrogens with zero attached hydrogens (tertiary/aromatic N) is 3. The SMILES string of the molecule is Cc1cc(C(=O)Nc2ccc(Cn3cccn3)cc2)c(C)n1C1CCCCC1. The monoisotopic (exact) mass is 376 g/mol. The summed E-state index contributed by atoms with van der Waals surface area (Å²) in [6, 6.07) is 12.5. The van der Waals surface area contributed by atoms with Crippen molar-refractivity contribution in [1.29, 1.82) is 0 Å². The van der Waals surface area contributed by atoms with Gasteiger partial charge in [-0.25, -0.2) is 0 Å². The number of aromatic nitrogens is 3. The molecule has 1 amide bonds. The molecule has 1 fully saturated rings. The van der Waals surface area contributed by atoms with Gasteiger partial charge in [0, 0.05) is 35.5 Å². The number of aryl methyl sites for hydroxylation is 1. The highest BCUT2D eigenvalue weighted by Gasteiger charge is 2.22. The molecular formula is C23H28N4O. The Kier molecular flexibility index (Phi) is 5.33. The first kappa shape index (κ1) is 18.5. The molecular weight excluding hydrogens is 348 g/mol. The van der Waals surface area contributed by atoms with Crippen molar-refractivity contribution >= 4 is 11.6 Å². The summed E-state index contributed by atoms with van der Waals surface area (Å²) in [5, 5.41) is 7.28. The van der Waals surface area contributed by atoms with E-state index in [0.717, 1.165) is 29.1 Å². The van der Waals surface area contributed by atoms with Crippen LogP contribution in [-0.4, -0.2) is 20.3 Å². The molecule has 2 heterocycles. The van der Waals surface area contributed by atoms with E-state index < -0.39 is 0 Å². The fraction of sp³-hybridized carbons (Fsp3) is 0.391. The molecule has 0 saturated heterocycles. The zero-order valence-electron chi connectivity index (χ0n) is 16.7. The lowest BCUT2D eigenvalue weighted by Gasteiger charge is -2.26. The van der Waals surface area contributed by atoms with Crippen LogP contribution in [0.1, 0.15) is 65.5 Å². The minimum absolute atomic E-state index is 0.0324. The van der Waals surface area contributed by atoms with Gasteiger partial charge < -0.3 is 9.88 Å². The van der Waals surface area contributed by atoms with E-state index in [9.17, 15) is 4.79 Å². The van der Waals surface area contributed by atoms with E-state index in [0.29, 0.717) is 6.04 Å². The van der Waals surface area contributed by atoms with Crippen molar-refractivity contribution in [2.75, 3.05) is 5.32 Å². The lowest BCUT2D eigenvalue weighted by Crippen LogP contribution is -2.17. The van der Waals surface area contributed by atoms with Gasteiger partial charge in [-0.1, -0.05) is 31.4 Å². The molecule has 2 aromatic heterocycles. The standard InChI is InChI=1S/C23H28N4O/c1-17-15-22(18(2)27(17)21-7-4-3-5-8-21)23(28)25-20-11-9-19(10-12-20)16-26-14-6-13-24-26/h6,9-15,21H,3-5,7-8,16H2,1-2H3,(H,25,28). The Balaban J connectivity index is 1.46. The summed E-state index contributed by atoms with van der Waals surface area (Å²) in [7, 11) is 0. The Morgan fingerprint density at radius 3 is 2.57 bits per heavy atom. The third-order valence-corrected chi connectivity index (χ3v) is 5.78. The van der Waals surface area contributed by atoms with Crippen LogP contribution in [0.15, 0.2) is 48.8 Å². The summed E-state index contributed by atoms with van der Waals surface area (Å²) >= 11 is 0. The maximum Gasteiger partial charge on any atom is 0.257 e. The Labute approximate surface area is 166 Å². The maximum absolute atomic E-state index is 12.9. The number of rotatable bonds is 5. The van der Waals surface area contributed by atoms with Crippen molar-refractivity contribution in [3.05, 3.63) is 71.3 Å². The van der Waals surface area contributed by atoms with Crippen molar-refractivity contribution in [1.82, 2.24) is 14.3 Å². The zero-order chi connectivity index (χ0) is 19.5. The number of nitrogens with one attached hydrogen (secondary N) is 1. The van der Waals surface area contributed by atoms with Crippen LogP contribution in [0, 0.1) is 13.8 Å². The molecule has 0 aliphatic heterocycles. The second kappa shape index (κ2) is 8.05. The average Bonchev–Trinajstić information content (AvgIpc) is 3.31. The predicted octanol–water partition coefficient (Wildman–Crippen LogP) is 5.11. The summed E-state index contributed by atoms with van der Waals surface area (Å²) in [4.78, 5) is 12.9. The first-order chi connectivity index (χ1) is 13.6. The summed E-state index contributed by atoms with van der Waals surface area (Å²) < 4.78 is 4.26. The van der Waals surface area contributed by atoms with Crippen LogP contribution < -0.4 is 5.32 Å². The largest absolute Gasteiger partial charge is 0.345 e. The van der Waals surface area contributed by atoms with Crippen LogP contribution in [-0.2, 0) is 6.54 Å². The number of hydrogen-bond donors (Lipinski definition) is 1. The Morgan fingerprint density at radius 2 is 1.89 bits per heavy atom. The van der Waals surface area contributed by atoms with Crippen LogP contribution in [0.5, 0.6) is 0 Å². The van der Waals surface area contributed by atoms with E-state index in [1.807, 2.05) is 47.3 Å². The number of amides is 1. The molecule has 5 nitrogen and oxygen atoms in total. The van der Waals surface area contributed by atoms with Crippen molar-refractivity contribution in [2.24, 2.45) is 0 Å². The molecule has 5 heteroatoms. The molecule has 0 bridgehead atoms. The summed E-state index contributed by atoms with van der Waals surface area (Å²) in [6.45, 7) is 4.91. The van der Waals surface area contributed by atoms with Gasteiger partial charge in [0.25, 0.3) is 5.91 Å². The van der Waals surface area contributed by atoms with E-state index in [1.54, 1.807) is 6.20 Å². The van der Waals surface area contributed by atoms with Crippen molar-refractivity contribution in [3.63, 3.8) is 0 Å². The van der Waals surface area contributed by atoms with Crippen LogP contribution in [0.4, 0.5) is 5.69 Å². The lowest BCUT2D eigenvalue weighted by molar-refractivity contribution is 0.102. The molecule has 0 atom stereocenters. The normalized spacial score (nSPS) is 14.9. The highest BCUT2D eigenvalue weighted by atomic mass is 16.1. The first-order valence-electron chi connectivity index (χ1n) is 10.2. The van der Waals surface area contributed by atoms with Crippen molar-refractivity contribution in [3.8, 4) is 0 Å². The van der Waals surface area contributed by atoms with E-state index in [4.69, 9.17) is 0 Å². The third kappa shape index (κ3) is 3.88. The van der Waals surface area contributed by atoms with Gasteiger partial charge in [0.2, 0.25) is 0 Å². The fourth-order valence-electron chi connectivity index (χ4n) is 4.38. The zero-order valence-corrected chi connectivity index (χ0v) is 16.7. The van der Waals surface area contributed by atoms with Gasteiger partial charge in [0.15, 0.2) is 0 Å². The molecule has 1 saturated carbocycles. The van der Waals surface area contributed by atoms with Crippen LogP contribution >= 0.6 is 0 Å². The summed E-state index contributed by atoms with van der Waals surface area (Å²) in [6.07, 6.45) is 10.1. The van der Waals surface area contributed by atoms with E-state index in [2.05, 4.69) is 28.8 Å². The Hall–Kier alpha value is -2.82. The van der Waals surface area contributed by atoms with E-state index >= 15 is 0 Å². The third-order valence-electron chi connectivity index (χ3n) is 5.78. The van der Waals surface area contributed by atoms with Gasteiger partial charge in [-0.2, -0.15) is 5.10 Å². The van der Waals surface area contributed by atoms with Gasteiger partial charge in [-0.3, -0.25) is 9.48 Å². The minimum Gasteiger partial charge on any atom is -0.345 e. The molecule has 146 valence electrons. The fourth-order valence-corrected chi connectivity index (χ4v) is 4.38. The molecule has 0 unspecified atom stereocenters. The summed E-state index contributed by atoms with van der Waals surface area (Å²) in [5.74, 6) is -0.0324. The highest BCUT2D eigenvalue weighted by molar-refractivity contribution is 6.05. The topological polar surface area (TPSA) is 51.9 Å². The second-order valence-electron chi connectivity index (χ2n) is 7.80. The molecule has 3 aromatic rings. The van der Waals surface area contributed by atoms with Gasteiger partial charge in [0.1, 0.15) is 0 Å². The number of carbonyl (C=O) groups is 1. The van der Waals surface area contributed by atoms with E-state index in [-0.39, 0.29) is 5.91 Å². The number of anilines is 1. The average molecular weight is 377 g/mol. The van der Waals surface area contributed by atoms with Crippen molar-refractivity contribution < 1.29 is 4.79 Å². The predicted molar refractivity (Wildman–Crippen MR) is 112 cm³/mol. The molecule has 1 N–H and O–H groups in total. The molecule has 28 heavy (non-hydrogen) atoms. The quantitative estimate of drug-likeness (QED) is 0.673. The smallest absolute Gasteiger partial charge is 0.257 e. The molecule has 1 aliphatic rings. The van der Waals surface area contributed by atoms with Gasteiger partial charge in [-0.15, -0.1) is 0 Å². The van der Waals surface area contributed by atoms with Gasteiger partial charge >= 0.3 is 0 Å². The highest BCUT2D eigenvalue weighted by Crippen LogP contribution is 2.32. The lowest BCUT2D eigenvalue weighted by atomic mass is 9.95. The molecule has 1 aromatic carbocycles. The van der Waals surface area contributed by atoms with Gasteiger partial charge in [-0.05, 0) is 56.5 Å². The van der Waals surface area contributed by atoms with Crippen LogP contribution in [0.2, 0.25) is 0 Å². The van der Waals surface area contributed by atoms with Crippen LogP contribution in [0.25, 0.3) is 0 Å². The molecule has 0 radical (unpaired) electrons. The van der Waals surface area contributed by atoms with Gasteiger partial charge in [0.05, 0.1) is 12.1 Å². The number of carbonyl (C=O) groups excluding carboxylic acids is 1. The van der Waals surface area contributed by atoms with Crippen LogP contribution in [0.3, 0.4) is 0 Å². The number of benzene rings is 1. The molecule has 0 spiro atoms. The Bertz CT molecular complexity index is 932. The second-order valence-corrected chi connectivity index (χ2v) is 7.80. The maximum atomic E-state index is 12.9. The molecule has 1 aliphatic carbocycles. The minimum atomic E-state index is -0.0324. The first-order valence-corrected chi connectivity index (χ1v) is 10.2. The van der Waals surface area contributed by atoms with E-state index in [1.165, 1.54) is 37.8 Å². The summed E-state index contributed by atoms with van der Waals surface area (Å²) in [5.41, 5.74) is 5.01.